The number of nitrogens with zero attached hydrogens (tertiary/aromatic N) is 2. The zero-order valence-electron chi connectivity index (χ0n) is 10.2. The van der Waals surface area contributed by atoms with Crippen molar-refractivity contribution < 1.29 is 19.4 Å². The van der Waals surface area contributed by atoms with Gasteiger partial charge in [-0.05, 0) is 12.8 Å². The molecule has 0 aromatic carbocycles. The van der Waals surface area contributed by atoms with Crippen LogP contribution in [-0.2, 0) is 14.3 Å². The van der Waals surface area contributed by atoms with Crippen LogP contribution in [0, 0.1) is 0 Å². The summed E-state index contributed by atoms with van der Waals surface area (Å²) in [6.45, 7) is 2.52. The number of aliphatic carboxylic acids is 1. The van der Waals surface area contributed by atoms with Crippen molar-refractivity contribution in [2.24, 2.45) is 0 Å². The first-order chi connectivity index (χ1) is 8.13. The minimum atomic E-state index is -0.921. The lowest BCUT2D eigenvalue weighted by Gasteiger charge is -2.22. The SMILES string of the molecule is COCCN(CC(=O)O)CC(=O)N1CCCC1. The number of ether oxygens (including phenoxy) is 1. The number of hydrogen-bond acceptors (Lipinski definition) is 4. The molecule has 0 aliphatic carbocycles. The number of carbonyl (C=O) groups excluding carboxylic acids is 1. The number of carboxylic acid groups (broad SMARTS) is 1. The monoisotopic (exact) mass is 244 g/mol. The molecule has 0 aromatic rings. The number of carbonyl (C=O) groups is 2. The molecule has 1 heterocycles. The number of methoxy groups -OCH3 is 1. The molecule has 0 aromatic heterocycles. The minimum Gasteiger partial charge on any atom is -0.480 e. The van der Waals surface area contributed by atoms with E-state index in [9.17, 15) is 9.59 Å². The van der Waals surface area contributed by atoms with Crippen molar-refractivity contribution in [3.63, 3.8) is 0 Å². The molecule has 0 bridgehead atoms. The lowest BCUT2D eigenvalue weighted by molar-refractivity contribution is -0.139. The molecular formula is C11H20N2O4. The van der Waals surface area contributed by atoms with Gasteiger partial charge in [-0.15, -0.1) is 0 Å². The lowest BCUT2D eigenvalue weighted by Crippen LogP contribution is -2.42. The maximum atomic E-state index is 11.9. The fraction of sp³-hybridized carbons (Fsp3) is 0.818. The van der Waals surface area contributed by atoms with E-state index in [1.807, 2.05) is 0 Å². The zero-order valence-corrected chi connectivity index (χ0v) is 10.2. The maximum Gasteiger partial charge on any atom is 0.317 e. The van der Waals surface area contributed by atoms with E-state index in [2.05, 4.69) is 0 Å². The second-order valence-electron chi connectivity index (χ2n) is 4.19. The van der Waals surface area contributed by atoms with Crippen LogP contribution in [-0.4, -0.2) is 73.2 Å². The van der Waals surface area contributed by atoms with Crippen LogP contribution in [0.4, 0.5) is 0 Å². The third-order valence-corrected chi connectivity index (χ3v) is 2.79. The van der Waals surface area contributed by atoms with E-state index in [4.69, 9.17) is 9.84 Å². The molecule has 0 radical (unpaired) electrons. The smallest absolute Gasteiger partial charge is 0.317 e. The van der Waals surface area contributed by atoms with Crippen molar-refractivity contribution in [3.8, 4) is 0 Å². The second kappa shape index (κ2) is 7.24. The summed E-state index contributed by atoms with van der Waals surface area (Å²) in [5.74, 6) is -0.907. The van der Waals surface area contributed by atoms with Gasteiger partial charge in [-0.2, -0.15) is 0 Å². The molecule has 1 aliphatic heterocycles. The fourth-order valence-corrected chi connectivity index (χ4v) is 1.88. The molecule has 98 valence electrons. The molecule has 0 spiro atoms. The van der Waals surface area contributed by atoms with E-state index in [0.29, 0.717) is 13.2 Å². The molecule has 1 fully saturated rings. The Morgan fingerprint density at radius 2 is 1.94 bits per heavy atom. The van der Waals surface area contributed by atoms with Crippen molar-refractivity contribution in [2.45, 2.75) is 12.8 Å². The molecule has 1 amide bonds. The molecule has 0 atom stereocenters. The summed E-state index contributed by atoms with van der Waals surface area (Å²) in [7, 11) is 1.56. The molecule has 1 N–H and O–H groups in total. The summed E-state index contributed by atoms with van der Waals surface area (Å²) in [4.78, 5) is 25.9. The van der Waals surface area contributed by atoms with Crippen LogP contribution in [0.1, 0.15) is 12.8 Å². The van der Waals surface area contributed by atoms with Gasteiger partial charge in [0.25, 0.3) is 0 Å². The Labute approximate surface area is 101 Å². The van der Waals surface area contributed by atoms with E-state index < -0.39 is 5.97 Å². The third kappa shape index (κ3) is 5.14. The number of rotatable bonds is 7. The molecule has 6 heteroatoms. The Kier molecular flexibility index (Phi) is 5.93. The van der Waals surface area contributed by atoms with E-state index in [1.165, 1.54) is 0 Å². The summed E-state index contributed by atoms with van der Waals surface area (Å²) in [6, 6.07) is 0. The van der Waals surface area contributed by atoms with Gasteiger partial charge in [-0.3, -0.25) is 14.5 Å². The van der Waals surface area contributed by atoms with E-state index in [-0.39, 0.29) is 19.0 Å². The van der Waals surface area contributed by atoms with Gasteiger partial charge in [0.2, 0.25) is 5.91 Å². The molecule has 1 saturated heterocycles. The van der Waals surface area contributed by atoms with Crippen molar-refractivity contribution in [1.29, 1.82) is 0 Å². The van der Waals surface area contributed by atoms with Gasteiger partial charge in [0.05, 0.1) is 19.7 Å². The van der Waals surface area contributed by atoms with Crippen molar-refractivity contribution in [3.05, 3.63) is 0 Å². The van der Waals surface area contributed by atoms with Gasteiger partial charge >= 0.3 is 5.97 Å². The molecular weight excluding hydrogens is 224 g/mol. The predicted molar refractivity (Wildman–Crippen MR) is 61.8 cm³/mol. The van der Waals surface area contributed by atoms with Gasteiger partial charge in [0.15, 0.2) is 0 Å². The van der Waals surface area contributed by atoms with Crippen molar-refractivity contribution >= 4 is 11.9 Å². The van der Waals surface area contributed by atoms with E-state index in [1.54, 1.807) is 16.9 Å². The Morgan fingerprint density at radius 1 is 1.29 bits per heavy atom. The highest BCUT2D eigenvalue weighted by atomic mass is 16.5. The Hall–Kier alpha value is -1.14. The largest absolute Gasteiger partial charge is 0.480 e. The van der Waals surface area contributed by atoms with Gasteiger partial charge in [0.1, 0.15) is 0 Å². The first-order valence-corrected chi connectivity index (χ1v) is 5.84. The maximum absolute atomic E-state index is 11.9. The summed E-state index contributed by atoms with van der Waals surface area (Å²) in [6.07, 6.45) is 2.09. The van der Waals surface area contributed by atoms with Gasteiger partial charge in [0, 0.05) is 26.7 Å². The van der Waals surface area contributed by atoms with Gasteiger partial charge in [-0.25, -0.2) is 0 Å². The van der Waals surface area contributed by atoms with Crippen LogP contribution >= 0.6 is 0 Å². The number of carboxylic acids is 1. The Balaban J connectivity index is 2.39. The highest BCUT2D eigenvalue weighted by Crippen LogP contribution is 2.07. The second-order valence-corrected chi connectivity index (χ2v) is 4.19. The average molecular weight is 244 g/mol. The Morgan fingerprint density at radius 3 is 2.47 bits per heavy atom. The molecule has 1 rings (SSSR count). The van der Waals surface area contributed by atoms with Crippen molar-refractivity contribution in [1.82, 2.24) is 9.80 Å². The van der Waals surface area contributed by atoms with Gasteiger partial charge in [-0.1, -0.05) is 0 Å². The first kappa shape index (κ1) is 13.9. The number of amides is 1. The van der Waals surface area contributed by atoms with Crippen LogP contribution in [0.3, 0.4) is 0 Å². The quantitative estimate of drug-likeness (QED) is 0.662. The van der Waals surface area contributed by atoms with Crippen LogP contribution in [0.25, 0.3) is 0 Å². The highest BCUT2D eigenvalue weighted by Gasteiger charge is 2.21. The average Bonchev–Trinajstić information content (AvgIpc) is 2.78. The lowest BCUT2D eigenvalue weighted by atomic mass is 10.4. The summed E-state index contributed by atoms with van der Waals surface area (Å²) in [5, 5.41) is 8.75. The van der Waals surface area contributed by atoms with Crippen LogP contribution in [0.2, 0.25) is 0 Å². The number of hydrogen-bond donors (Lipinski definition) is 1. The molecule has 17 heavy (non-hydrogen) atoms. The molecule has 6 nitrogen and oxygen atoms in total. The summed E-state index contributed by atoms with van der Waals surface area (Å²) < 4.78 is 4.90. The van der Waals surface area contributed by atoms with Crippen LogP contribution < -0.4 is 0 Å². The van der Waals surface area contributed by atoms with E-state index >= 15 is 0 Å². The van der Waals surface area contributed by atoms with Crippen LogP contribution in [0.5, 0.6) is 0 Å². The Bertz CT molecular complexity index is 264. The topological polar surface area (TPSA) is 70.1 Å². The summed E-state index contributed by atoms with van der Waals surface area (Å²) in [5.41, 5.74) is 0. The third-order valence-electron chi connectivity index (χ3n) is 2.79. The molecule has 0 saturated carbocycles. The fourth-order valence-electron chi connectivity index (χ4n) is 1.88. The standard InChI is InChI=1S/C11H20N2O4/c1-17-7-6-12(9-11(15)16)8-10(14)13-4-2-3-5-13/h2-9H2,1H3,(H,15,16). The van der Waals surface area contributed by atoms with E-state index in [0.717, 1.165) is 25.9 Å². The molecule has 0 unspecified atom stereocenters. The normalized spacial score (nSPS) is 15.5. The van der Waals surface area contributed by atoms with Crippen LogP contribution in [0.15, 0.2) is 0 Å². The first-order valence-electron chi connectivity index (χ1n) is 5.84. The number of likely N-dealkylation sites (tertiary alicyclic amines) is 1. The molecule has 1 aliphatic rings. The predicted octanol–water partition coefficient (Wildman–Crippen LogP) is -0.358. The minimum absolute atomic E-state index is 0.0138. The van der Waals surface area contributed by atoms with Gasteiger partial charge < -0.3 is 14.7 Å². The van der Waals surface area contributed by atoms with Crippen molar-refractivity contribution in [2.75, 3.05) is 46.4 Å². The zero-order chi connectivity index (χ0) is 12.7. The summed E-state index contributed by atoms with van der Waals surface area (Å²) >= 11 is 0. The highest BCUT2D eigenvalue weighted by molar-refractivity contribution is 5.79.